The number of hydrogen-bond acceptors (Lipinski definition) is 5. The number of carbonyl (C=O) groups is 1. The maximum Gasteiger partial charge on any atom is 0.308 e. The van der Waals surface area contributed by atoms with Crippen LogP contribution in [0.2, 0.25) is 0 Å². The molecule has 2 rings (SSSR count). The van der Waals surface area contributed by atoms with Gasteiger partial charge in [0.05, 0.1) is 25.2 Å². The second-order valence-electron chi connectivity index (χ2n) is 5.39. The highest BCUT2D eigenvalue weighted by molar-refractivity contribution is 5.74. The number of benzene rings is 1. The summed E-state index contributed by atoms with van der Waals surface area (Å²) in [5, 5.41) is 28.7. The highest BCUT2D eigenvalue weighted by atomic mass is 16.6. The van der Waals surface area contributed by atoms with E-state index in [1.54, 1.807) is 0 Å². The summed E-state index contributed by atoms with van der Waals surface area (Å²) in [6, 6.07) is 1.14. The predicted molar refractivity (Wildman–Crippen MR) is 70.3 cm³/mol. The van der Waals surface area contributed by atoms with Crippen LogP contribution in [0.3, 0.4) is 0 Å². The van der Waals surface area contributed by atoms with Gasteiger partial charge in [0, 0.05) is 23.6 Å². The van der Waals surface area contributed by atoms with E-state index in [-0.39, 0.29) is 40.9 Å². The van der Waals surface area contributed by atoms with Crippen LogP contribution in [-0.4, -0.2) is 40.1 Å². The lowest BCUT2D eigenvalue weighted by Crippen LogP contribution is -2.09. The van der Waals surface area contributed by atoms with Crippen LogP contribution in [0.1, 0.15) is 25.0 Å². The Morgan fingerprint density at radius 1 is 1.35 bits per heavy atom. The first-order chi connectivity index (χ1) is 9.26. The van der Waals surface area contributed by atoms with Crippen LogP contribution in [0, 0.1) is 0 Å². The van der Waals surface area contributed by atoms with Crippen LogP contribution in [-0.2, 0) is 22.4 Å². The van der Waals surface area contributed by atoms with E-state index in [1.165, 1.54) is 7.11 Å². The molecule has 0 radical (unpaired) electrons. The number of methoxy groups -OCH3 is 1. The van der Waals surface area contributed by atoms with Crippen molar-refractivity contribution in [2.24, 2.45) is 0 Å². The highest BCUT2D eigenvalue weighted by Crippen LogP contribution is 2.44. The summed E-state index contributed by atoms with van der Waals surface area (Å²) in [4.78, 5) is 10.9. The second-order valence-corrected chi connectivity index (χ2v) is 5.39. The van der Waals surface area contributed by atoms with Crippen LogP contribution in [0.15, 0.2) is 6.07 Å². The molecule has 3 N–H and O–H groups in total. The van der Waals surface area contributed by atoms with E-state index in [9.17, 15) is 15.0 Å². The number of phenols is 2. The molecule has 1 heterocycles. The van der Waals surface area contributed by atoms with Gasteiger partial charge in [-0.05, 0) is 13.8 Å². The molecule has 1 aromatic carbocycles. The Hall–Kier alpha value is -1.95. The van der Waals surface area contributed by atoms with Crippen molar-refractivity contribution in [2.45, 2.75) is 38.4 Å². The summed E-state index contributed by atoms with van der Waals surface area (Å²) in [6.45, 7) is 3.86. The lowest BCUT2D eigenvalue weighted by atomic mass is 9.97. The summed E-state index contributed by atoms with van der Waals surface area (Å²) in [5.74, 6) is -1.30. The fourth-order valence-electron chi connectivity index (χ4n) is 2.29. The summed E-state index contributed by atoms with van der Waals surface area (Å²) in [6.07, 6.45) is -0.0453. The zero-order valence-electron chi connectivity index (χ0n) is 11.6. The van der Waals surface area contributed by atoms with Gasteiger partial charge in [0.25, 0.3) is 0 Å². The highest BCUT2D eigenvalue weighted by Gasteiger charge is 2.48. The first-order valence-electron chi connectivity index (χ1n) is 6.26. The van der Waals surface area contributed by atoms with Crippen molar-refractivity contribution in [1.82, 2.24) is 0 Å². The molecule has 1 aliphatic heterocycles. The second kappa shape index (κ2) is 4.86. The molecular weight excluding hydrogens is 264 g/mol. The Labute approximate surface area is 116 Å². The third-order valence-electron chi connectivity index (χ3n) is 3.53. The minimum atomic E-state index is -1.08. The van der Waals surface area contributed by atoms with Gasteiger partial charge in [0.2, 0.25) is 0 Å². The van der Waals surface area contributed by atoms with E-state index in [0.29, 0.717) is 12.0 Å². The molecule has 0 saturated carbocycles. The van der Waals surface area contributed by atoms with Gasteiger partial charge in [-0.25, -0.2) is 0 Å². The number of phenolic OH excluding ortho intramolecular Hbond substituents is 2. The van der Waals surface area contributed by atoms with Crippen molar-refractivity contribution >= 4 is 5.97 Å². The summed E-state index contributed by atoms with van der Waals surface area (Å²) in [5.41, 5.74) is 0.353. The lowest BCUT2D eigenvalue weighted by molar-refractivity contribution is -0.136. The topological polar surface area (TPSA) is 99.5 Å². The molecule has 20 heavy (non-hydrogen) atoms. The van der Waals surface area contributed by atoms with Gasteiger partial charge < -0.3 is 24.8 Å². The van der Waals surface area contributed by atoms with Gasteiger partial charge in [-0.1, -0.05) is 0 Å². The van der Waals surface area contributed by atoms with Crippen molar-refractivity contribution in [3.63, 3.8) is 0 Å². The molecule has 1 unspecified atom stereocenters. The Balaban J connectivity index is 2.41. The van der Waals surface area contributed by atoms with Crippen molar-refractivity contribution in [1.29, 1.82) is 0 Å². The minimum absolute atomic E-state index is 0.0653. The van der Waals surface area contributed by atoms with Gasteiger partial charge in [-0.3, -0.25) is 4.79 Å². The average molecular weight is 282 g/mol. The van der Waals surface area contributed by atoms with Crippen molar-refractivity contribution in [3.8, 4) is 17.2 Å². The van der Waals surface area contributed by atoms with E-state index in [4.69, 9.17) is 14.6 Å². The molecule has 0 aliphatic carbocycles. The molecule has 1 aliphatic rings. The van der Waals surface area contributed by atoms with Crippen LogP contribution in [0.4, 0.5) is 0 Å². The fraction of sp³-hybridized carbons (Fsp3) is 0.500. The van der Waals surface area contributed by atoms with Gasteiger partial charge in [0.1, 0.15) is 17.2 Å². The van der Waals surface area contributed by atoms with Crippen molar-refractivity contribution in [2.75, 3.05) is 7.11 Å². The van der Waals surface area contributed by atoms with Crippen molar-refractivity contribution < 1.29 is 29.6 Å². The number of aromatic hydroxyl groups is 2. The minimum Gasteiger partial charge on any atom is -0.507 e. The number of aliphatic carboxylic acids is 1. The van der Waals surface area contributed by atoms with E-state index < -0.39 is 5.97 Å². The molecule has 110 valence electrons. The molecule has 1 saturated heterocycles. The maximum absolute atomic E-state index is 10.9. The van der Waals surface area contributed by atoms with Crippen LogP contribution >= 0.6 is 0 Å². The Kier molecular flexibility index (Phi) is 3.52. The summed E-state index contributed by atoms with van der Waals surface area (Å²) >= 11 is 0. The number of epoxide rings is 1. The van der Waals surface area contributed by atoms with Crippen LogP contribution in [0.5, 0.6) is 17.2 Å². The normalized spacial score (nSPS) is 19.6. The third kappa shape index (κ3) is 2.65. The van der Waals surface area contributed by atoms with Gasteiger partial charge in [-0.2, -0.15) is 0 Å². The monoisotopic (exact) mass is 282 g/mol. The smallest absolute Gasteiger partial charge is 0.308 e. The number of rotatable bonds is 5. The Morgan fingerprint density at radius 2 is 1.90 bits per heavy atom. The number of carboxylic acids is 1. The molecular formula is C14H18O6. The first-order valence-corrected chi connectivity index (χ1v) is 6.26. The number of ether oxygens (including phenoxy) is 2. The molecule has 6 nitrogen and oxygen atoms in total. The van der Waals surface area contributed by atoms with Crippen molar-refractivity contribution in [3.05, 3.63) is 17.2 Å². The van der Waals surface area contributed by atoms with E-state index in [0.717, 1.165) is 6.07 Å². The predicted octanol–water partition coefficient (Wildman–Crippen LogP) is 1.45. The molecule has 0 spiro atoms. The first kappa shape index (κ1) is 14.5. The van der Waals surface area contributed by atoms with Gasteiger partial charge in [0.15, 0.2) is 0 Å². The lowest BCUT2D eigenvalue weighted by Gasteiger charge is -2.15. The van der Waals surface area contributed by atoms with E-state index in [1.807, 2.05) is 13.8 Å². The quantitative estimate of drug-likeness (QED) is 0.707. The van der Waals surface area contributed by atoms with Gasteiger partial charge in [-0.15, -0.1) is 0 Å². The number of hydrogen-bond donors (Lipinski definition) is 3. The van der Waals surface area contributed by atoms with Gasteiger partial charge >= 0.3 is 5.97 Å². The van der Waals surface area contributed by atoms with Crippen LogP contribution < -0.4 is 4.74 Å². The summed E-state index contributed by atoms with van der Waals surface area (Å²) in [7, 11) is 1.38. The average Bonchev–Trinajstić information content (AvgIpc) is 2.92. The standard InChI is InChI=1S/C14H18O6/c1-14(2)11(20-14)4-7-9(15)6-10(16)8(5-12(17)18)13(7)19-3/h6,11,15-16H,4-5H2,1-3H3,(H,17,18). The fourth-order valence-corrected chi connectivity index (χ4v) is 2.29. The largest absolute Gasteiger partial charge is 0.507 e. The molecule has 1 fully saturated rings. The number of carboxylic acid groups (broad SMARTS) is 1. The zero-order valence-corrected chi connectivity index (χ0v) is 11.6. The third-order valence-corrected chi connectivity index (χ3v) is 3.53. The molecule has 1 atom stereocenters. The summed E-state index contributed by atoms with van der Waals surface area (Å²) < 4.78 is 10.7. The maximum atomic E-state index is 10.9. The molecule has 0 bridgehead atoms. The molecule has 6 heteroatoms. The molecule has 1 aromatic rings. The molecule has 0 amide bonds. The zero-order chi connectivity index (χ0) is 15.1. The Bertz CT molecular complexity index is 549. The van der Waals surface area contributed by atoms with E-state index in [2.05, 4.69) is 0 Å². The van der Waals surface area contributed by atoms with Crippen LogP contribution in [0.25, 0.3) is 0 Å². The van der Waals surface area contributed by atoms with E-state index >= 15 is 0 Å². The molecule has 0 aromatic heterocycles. The SMILES string of the molecule is COc1c(CC(=O)O)c(O)cc(O)c1CC1OC1(C)C. The Morgan fingerprint density at radius 3 is 2.35 bits per heavy atom.